The molecule has 0 aromatic heterocycles. The fourth-order valence-corrected chi connectivity index (χ4v) is 2.81. The SMILES string of the molecule is Cc1ccc(C(CCOc2cccc3c2OCO3)N(C)C)cc1. The predicted molar refractivity (Wildman–Crippen MR) is 90.3 cm³/mol. The molecule has 4 heteroatoms. The van der Waals surface area contributed by atoms with E-state index in [2.05, 4.69) is 50.2 Å². The molecule has 0 fully saturated rings. The minimum Gasteiger partial charge on any atom is -0.489 e. The zero-order valence-electron chi connectivity index (χ0n) is 13.9. The van der Waals surface area contributed by atoms with E-state index < -0.39 is 0 Å². The van der Waals surface area contributed by atoms with Crippen molar-refractivity contribution in [2.75, 3.05) is 27.5 Å². The monoisotopic (exact) mass is 313 g/mol. The molecule has 0 N–H and O–H groups in total. The second kappa shape index (κ2) is 6.92. The molecular weight excluding hydrogens is 290 g/mol. The van der Waals surface area contributed by atoms with Crippen molar-refractivity contribution in [3.8, 4) is 17.2 Å². The number of rotatable bonds is 6. The first-order chi connectivity index (χ1) is 11.1. The summed E-state index contributed by atoms with van der Waals surface area (Å²) >= 11 is 0. The zero-order valence-corrected chi connectivity index (χ0v) is 13.9. The minimum atomic E-state index is 0.263. The van der Waals surface area contributed by atoms with Gasteiger partial charge in [-0.2, -0.15) is 0 Å². The van der Waals surface area contributed by atoms with Crippen molar-refractivity contribution in [2.45, 2.75) is 19.4 Å². The van der Waals surface area contributed by atoms with E-state index in [4.69, 9.17) is 14.2 Å². The molecular formula is C19H23NO3. The molecule has 0 saturated carbocycles. The van der Waals surface area contributed by atoms with E-state index in [1.807, 2.05) is 18.2 Å². The van der Waals surface area contributed by atoms with Gasteiger partial charge in [-0.15, -0.1) is 0 Å². The Morgan fingerprint density at radius 2 is 1.87 bits per heavy atom. The van der Waals surface area contributed by atoms with Crippen LogP contribution in [0.15, 0.2) is 42.5 Å². The highest BCUT2D eigenvalue weighted by Gasteiger charge is 2.19. The van der Waals surface area contributed by atoms with Crippen molar-refractivity contribution in [1.29, 1.82) is 0 Å². The summed E-state index contributed by atoms with van der Waals surface area (Å²) in [5.41, 5.74) is 2.58. The summed E-state index contributed by atoms with van der Waals surface area (Å²) in [6.45, 7) is 2.99. The molecule has 3 rings (SSSR count). The Kier molecular flexibility index (Phi) is 4.72. The van der Waals surface area contributed by atoms with Crippen molar-refractivity contribution >= 4 is 0 Å². The van der Waals surface area contributed by atoms with E-state index >= 15 is 0 Å². The number of nitrogens with zero attached hydrogens (tertiary/aromatic N) is 1. The van der Waals surface area contributed by atoms with Crippen molar-refractivity contribution < 1.29 is 14.2 Å². The molecule has 4 nitrogen and oxygen atoms in total. The molecule has 23 heavy (non-hydrogen) atoms. The first-order valence-electron chi connectivity index (χ1n) is 7.89. The van der Waals surface area contributed by atoms with Gasteiger partial charge in [-0.05, 0) is 38.7 Å². The Morgan fingerprint density at radius 1 is 1.09 bits per heavy atom. The lowest BCUT2D eigenvalue weighted by molar-refractivity contribution is 0.167. The lowest BCUT2D eigenvalue weighted by atomic mass is 10.0. The van der Waals surface area contributed by atoms with E-state index in [9.17, 15) is 0 Å². The van der Waals surface area contributed by atoms with Crippen molar-refractivity contribution in [3.63, 3.8) is 0 Å². The standard InChI is InChI=1S/C19H23NO3/c1-14-7-9-15(10-8-14)16(20(2)3)11-12-21-17-5-4-6-18-19(17)23-13-22-18/h4-10,16H,11-13H2,1-3H3. The number of ether oxygens (including phenoxy) is 3. The average molecular weight is 313 g/mol. The van der Waals surface area contributed by atoms with Crippen LogP contribution in [0.25, 0.3) is 0 Å². The van der Waals surface area contributed by atoms with Crippen LogP contribution in [0.1, 0.15) is 23.6 Å². The zero-order chi connectivity index (χ0) is 16.2. The quantitative estimate of drug-likeness (QED) is 0.812. The van der Waals surface area contributed by atoms with Crippen LogP contribution in [-0.2, 0) is 0 Å². The molecule has 1 aliphatic rings. The molecule has 1 unspecified atom stereocenters. The van der Waals surface area contributed by atoms with Gasteiger partial charge >= 0.3 is 0 Å². The summed E-state index contributed by atoms with van der Waals surface area (Å²) in [5, 5.41) is 0. The fraction of sp³-hybridized carbons (Fsp3) is 0.368. The molecule has 1 aliphatic heterocycles. The van der Waals surface area contributed by atoms with Gasteiger partial charge in [-0.25, -0.2) is 0 Å². The Labute approximate surface area is 137 Å². The molecule has 1 heterocycles. The van der Waals surface area contributed by atoms with Crippen molar-refractivity contribution in [2.24, 2.45) is 0 Å². The number of aryl methyl sites for hydroxylation is 1. The predicted octanol–water partition coefficient (Wildman–Crippen LogP) is 3.80. The largest absolute Gasteiger partial charge is 0.489 e. The Balaban J connectivity index is 1.64. The summed E-state index contributed by atoms with van der Waals surface area (Å²) in [6.07, 6.45) is 0.903. The summed E-state index contributed by atoms with van der Waals surface area (Å²) in [7, 11) is 4.20. The molecule has 0 saturated heterocycles. The maximum atomic E-state index is 5.94. The van der Waals surface area contributed by atoms with Crippen molar-refractivity contribution in [3.05, 3.63) is 53.6 Å². The summed E-state index contributed by atoms with van der Waals surface area (Å²) < 4.78 is 16.8. The molecule has 0 bridgehead atoms. The lowest BCUT2D eigenvalue weighted by Gasteiger charge is -2.25. The van der Waals surface area contributed by atoms with E-state index in [1.54, 1.807) is 0 Å². The van der Waals surface area contributed by atoms with E-state index in [0.29, 0.717) is 18.4 Å². The third-order valence-electron chi connectivity index (χ3n) is 4.09. The van der Waals surface area contributed by atoms with E-state index in [-0.39, 0.29) is 6.79 Å². The third kappa shape index (κ3) is 3.59. The highest BCUT2D eigenvalue weighted by atomic mass is 16.7. The maximum absolute atomic E-state index is 5.94. The van der Waals surface area contributed by atoms with Crippen LogP contribution < -0.4 is 14.2 Å². The van der Waals surface area contributed by atoms with Crippen LogP contribution in [0, 0.1) is 6.92 Å². The summed E-state index contributed by atoms with van der Waals surface area (Å²) in [5.74, 6) is 2.22. The molecule has 2 aromatic rings. The van der Waals surface area contributed by atoms with Gasteiger partial charge in [0.15, 0.2) is 11.5 Å². The van der Waals surface area contributed by atoms with Gasteiger partial charge in [0.2, 0.25) is 12.5 Å². The third-order valence-corrected chi connectivity index (χ3v) is 4.09. The van der Waals surface area contributed by atoms with Crippen LogP contribution >= 0.6 is 0 Å². The maximum Gasteiger partial charge on any atom is 0.231 e. The Bertz CT molecular complexity index is 652. The van der Waals surface area contributed by atoms with Crippen LogP contribution in [0.3, 0.4) is 0 Å². The van der Waals surface area contributed by atoms with Gasteiger partial charge < -0.3 is 19.1 Å². The molecule has 2 aromatic carbocycles. The fourth-order valence-electron chi connectivity index (χ4n) is 2.81. The van der Waals surface area contributed by atoms with Crippen LogP contribution in [0.2, 0.25) is 0 Å². The van der Waals surface area contributed by atoms with Gasteiger partial charge in [-0.1, -0.05) is 35.9 Å². The van der Waals surface area contributed by atoms with Gasteiger partial charge in [0, 0.05) is 12.5 Å². The second-order valence-electron chi connectivity index (χ2n) is 6.02. The van der Waals surface area contributed by atoms with Crippen LogP contribution in [0.5, 0.6) is 17.2 Å². The van der Waals surface area contributed by atoms with Crippen molar-refractivity contribution in [1.82, 2.24) is 4.90 Å². The molecule has 122 valence electrons. The normalized spacial score (nSPS) is 14.1. The van der Waals surface area contributed by atoms with Crippen LogP contribution in [-0.4, -0.2) is 32.4 Å². The molecule has 0 amide bonds. The molecule has 0 spiro atoms. The highest BCUT2D eigenvalue weighted by molar-refractivity contribution is 5.52. The Hall–Kier alpha value is -2.20. The Morgan fingerprint density at radius 3 is 2.61 bits per heavy atom. The van der Waals surface area contributed by atoms with Gasteiger partial charge in [-0.3, -0.25) is 0 Å². The first-order valence-corrected chi connectivity index (χ1v) is 7.89. The van der Waals surface area contributed by atoms with E-state index in [0.717, 1.165) is 17.9 Å². The molecule has 0 aliphatic carbocycles. The summed E-state index contributed by atoms with van der Waals surface area (Å²) in [6, 6.07) is 14.8. The first kappa shape index (κ1) is 15.7. The molecule has 0 radical (unpaired) electrons. The highest BCUT2D eigenvalue weighted by Crippen LogP contribution is 2.40. The number of para-hydroxylation sites is 1. The van der Waals surface area contributed by atoms with Gasteiger partial charge in [0.05, 0.1) is 6.61 Å². The lowest BCUT2D eigenvalue weighted by Crippen LogP contribution is -2.22. The number of benzene rings is 2. The van der Waals surface area contributed by atoms with Crippen LogP contribution in [0.4, 0.5) is 0 Å². The average Bonchev–Trinajstić information content (AvgIpc) is 3.02. The smallest absolute Gasteiger partial charge is 0.231 e. The second-order valence-corrected chi connectivity index (χ2v) is 6.02. The number of fused-ring (bicyclic) bond motifs is 1. The molecule has 1 atom stereocenters. The number of hydrogen-bond acceptors (Lipinski definition) is 4. The van der Waals surface area contributed by atoms with Gasteiger partial charge in [0.25, 0.3) is 0 Å². The van der Waals surface area contributed by atoms with Gasteiger partial charge in [0.1, 0.15) is 0 Å². The topological polar surface area (TPSA) is 30.9 Å². The van der Waals surface area contributed by atoms with E-state index in [1.165, 1.54) is 11.1 Å². The summed E-state index contributed by atoms with van der Waals surface area (Å²) in [4.78, 5) is 2.23. The number of hydrogen-bond donors (Lipinski definition) is 0. The minimum absolute atomic E-state index is 0.263.